The molecule has 0 spiro atoms. The van der Waals surface area contributed by atoms with Gasteiger partial charge in [0.25, 0.3) is 0 Å². The number of hydrogen-bond acceptors (Lipinski definition) is 2. The lowest BCUT2D eigenvalue weighted by molar-refractivity contribution is 0.501. The maximum absolute atomic E-state index is 13.7. The molecular weight excluding hydrogens is 338 g/mol. The fourth-order valence-corrected chi connectivity index (χ4v) is 2.92. The smallest absolute Gasteiger partial charge is 0.173 e. The van der Waals surface area contributed by atoms with Crippen molar-refractivity contribution < 1.29 is 8.78 Å². The van der Waals surface area contributed by atoms with Crippen LogP contribution >= 0.6 is 15.9 Å². The van der Waals surface area contributed by atoms with Crippen LogP contribution in [0.5, 0.6) is 0 Å². The highest BCUT2D eigenvalue weighted by atomic mass is 79.9. The molecule has 0 fully saturated rings. The van der Waals surface area contributed by atoms with Gasteiger partial charge in [-0.25, -0.2) is 8.78 Å². The number of fused-ring (bicyclic) bond motifs is 1. The molecule has 2 aromatic carbocycles. The van der Waals surface area contributed by atoms with Crippen LogP contribution in [0.15, 0.2) is 53.3 Å². The van der Waals surface area contributed by atoms with Crippen LogP contribution in [0.2, 0.25) is 0 Å². The minimum atomic E-state index is -0.929. The summed E-state index contributed by atoms with van der Waals surface area (Å²) in [6, 6.07) is 9.57. The molecule has 3 rings (SSSR count). The van der Waals surface area contributed by atoms with Crippen molar-refractivity contribution in [2.45, 2.75) is 6.04 Å². The number of halogens is 3. The third-order valence-corrected chi connectivity index (χ3v) is 4.26. The van der Waals surface area contributed by atoms with Gasteiger partial charge in [0.2, 0.25) is 0 Å². The van der Waals surface area contributed by atoms with Gasteiger partial charge in [0, 0.05) is 17.8 Å². The van der Waals surface area contributed by atoms with Gasteiger partial charge in [0.1, 0.15) is 0 Å². The van der Waals surface area contributed by atoms with Crippen LogP contribution in [-0.4, -0.2) is 4.98 Å². The second-order valence-corrected chi connectivity index (χ2v) is 5.48. The first-order chi connectivity index (χ1) is 10.1. The predicted octanol–water partition coefficient (Wildman–Crippen LogP) is 4.32. The first-order valence-electron chi connectivity index (χ1n) is 6.31. The standard InChI is InChI=1S/C16H11BrF2N2/c17-14-11(4-5-13(18)15(14)19)16(20)10-3-1-2-9-6-7-21-8-12(9)10/h1-8,16H,20H2. The average molecular weight is 349 g/mol. The van der Waals surface area contributed by atoms with E-state index in [2.05, 4.69) is 20.9 Å². The summed E-state index contributed by atoms with van der Waals surface area (Å²) in [5, 5.41) is 1.89. The molecule has 5 heteroatoms. The van der Waals surface area contributed by atoms with E-state index in [1.165, 1.54) is 6.07 Å². The molecule has 0 radical (unpaired) electrons. The molecule has 106 valence electrons. The van der Waals surface area contributed by atoms with Crippen molar-refractivity contribution in [3.8, 4) is 0 Å². The summed E-state index contributed by atoms with van der Waals surface area (Å²) in [5.74, 6) is -1.83. The molecule has 3 aromatic rings. The minimum Gasteiger partial charge on any atom is -0.320 e. The lowest BCUT2D eigenvalue weighted by Crippen LogP contribution is -2.14. The van der Waals surface area contributed by atoms with Gasteiger partial charge in [-0.3, -0.25) is 4.98 Å². The molecule has 2 N–H and O–H groups in total. The average Bonchev–Trinajstić information content (AvgIpc) is 2.51. The topological polar surface area (TPSA) is 38.9 Å². The summed E-state index contributed by atoms with van der Waals surface area (Å²) < 4.78 is 27.0. The Balaban J connectivity index is 2.17. The summed E-state index contributed by atoms with van der Waals surface area (Å²) >= 11 is 3.08. The molecule has 21 heavy (non-hydrogen) atoms. The van der Waals surface area contributed by atoms with Gasteiger partial charge in [-0.2, -0.15) is 0 Å². The number of hydrogen-bond donors (Lipinski definition) is 1. The highest BCUT2D eigenvalue weighted by molar-refractivity contribution is 9.10. The van der Waals surface area contributed by atoms with Crippen molar-refractivity contribution >= 4 is 26.7 Å². The largest absolute Gasteiger partial charge is 0.320 e. The lowest BCUT2D eigenvalue weighted by atomic mass is 9.95. The monoisotopic (exact) mass is 348 g/mol. The van der Waals surface area contributed by atoms with Crippen molar-refractivity contribution in [2.75, 3.05) is 0 Å². The molecule has 1 aromatic heterocycles. The zero-order valence-corrected chi connectivity index (χ0v) is 12.4. The molecule has 0 bridgehead atoms. The van der Waals surface area contributed by atoms with Crippen LogP contribution in [0.25, 0.3) is 10.8 Å². The first kappa shape index (κ1) is 14.1. The van der Waals surface area contributed by atoms with Crippen LogP contribution in [0.4, 0.5) is 8.78 Å². The van der Waals surface area contributed by atoms with E-state index in [0.29, 0.717) is 5.56 Å². The van der Waals surface area contributed by atoms with E-state index >= 15 is 0 Å². The molecule has 1 heterocycles. The van der Waals surface area contributed by atoms with E-state index < -0.39 is 17.7 Å². The summed E-state index contributed by atoms with van der Waals surface area (Å²) in [6.07, 6.45) is 3.42. The quantitative estimate of drug-likeness (QED) is 0.700. The number of benzene rings is 2. The van der Waals surface area contributed by atoms with Crippen molar-refractivity contribution in [3.05, 3.63) is 76.0 Å². The van der Waals surface area contributed by atoms with Crippen LogP contribution in [-0.2, 0) is 0 Å². The van der Waals surface area contributed by atoms with Gasteiger partial charge in [-0.1, -0.05) is 24.3 Å². The van der Waals surface area contributed by atoms with E-state index in [-0.39, 0.29) is 4.47 Å². The highest BCUT2D eigenvalue weighted by Gasteiger charge is 2.19. The molecule has 0 aliphatic carbocycles. The fourth-order valence-electron chi connectivity index (χ4n) is 2.36. The summed E-state index contributed by atoms with van der Waals surface area (Å²) in [4.78, 5) is 4.10. The Labute approximate surface area is 128 Å². The van der Waals surface area contributed by atoms with Gasteiger partial charge in [-0.05, 0) is 44.6 Å². The van der Waals surface area contributed by atoms with Gasteiger partial charge in [0.15, 0.2) is 11.6 Å². The van der Waals surface area contributed by atoms with Crippen LogP contribution in [0, 0.1) is 11.6 Å². The Bertz CT molecular complexity index is 815. The van der Waals surface area contributed by atoms with E-state index in [4.69, 9.17) is 5.73 Å². The molecule has 2 nitrogen and oxygen atoms in total. The van der Waals surface area contributed by atoms with Gasteiger partial charge in [0.05, 0.1) is 10.5 Å². The number of aromatic nitrogens is 1. The molecule has 0 saturated carbocycles. The zero-order valence-electron chi connectivity index (χ0n) is 10.9. The SMILES string of the molecule is NC(c1ccc(F)c(F)c1Br)c1cccc2ccncc12. The number of nitrogens with zero attached hydrogens (tertiary/aromatic N) is 1. The van der Waals surface area contributed by atoms with E-state index in [0.717, 1.165) is 22.4 Å². The maximum atomic E-state index is 13.7. The molecule has 1 atom stereocenters. The molecule has 0 aliphatic heterocycles. The van der Waals surface area contributed by atoms with Crippen LogP contribution < -0.4 is 5.73 Å². The Kier molecular flexibility index (Phi) is 3.69. The lowest BCUT2D eigenvalue weighted by Gasteiger charge is -2.17. The van der Waals surface area contributed by atoms with Gasteiger partial charge in [-0.15, -0.1) is 0 Å². The Hall–Kier alpha value is -1.85. The van der Waals surface area contributed by atoms with Crippen molar-refractivity contribution in [2.24, 2.45) is 5.73 Å². The van der Waals surface area contributed by atoms with Gasteiger partial charge >= 0.3 is 0 Å². The van der Waals surface area contributed by atoms with Gasteiger partial charge < -0.3 is 5.73 Å². The summed E-state index contributed by atoms with van der Waals surface area (Å²) in [5.41, 5.74) is 7.56. The third-order valence-electron chi connectivity index (χ3n) is 3.45. The summed E-state index contributed by atoms with van der Waals surface area (Å²) in [6.45, 7) is 0. The van der Waals surface area contributed by atoms with E-state index in [9.17, 15) is 8.78 Å². The van der Waals surface area contributed by atoms with Crippen molar-refractivity contribution in [1.29, 1.82) is 0 Å². The Morgan fingerprint density at radius 2 is 1.86 bits per heavy atom. The number of pyridine rings is 1. The Morgan fingerprint density at radius 1 is 1.05 bits per heavy atom. The van der Waals surface area contributed by atoms with Crippen LogP contribution in [0.3, 0.4) is 0 Å². The number of rotatable bonds is 2. The highest BCUT2D eigenvalue weighted by Crippen LogP contribution is 2.32. The summed E-state index contributed by atoms with van der Waals surface area (Å²) in [7, 11) is 0. The van der Waals surface area contributed by atoms with E-state index in [1.807, 2.05) is 24.3 Å². The first-order valence-corrected chi connectivity index (χ1v) is 7.10. The molecular formula is C16H11BrF2N2. The third kappa shape index (κ3) is 2.43. The predicted molar refractivity (Wildman–Crippen MR) is 81.8 cm³/mol. The number of nitrogens with two attached hydrogens (primary N) is 1. The van der Waals surface area contributed by atoms with E-state index in [1.54, 1.807) is 12.4 Å². The fraction of sp³-hybridized carbons (Fsp3) is 0.0625. The normalized spacial score (nSPS) is 12.6. The Morgan fingerprint density at radius 3 is 2.67 bits per heavy atom. The molecule has 0 aliphatic rings. The van der Waals surface area contributed by atoms with Crippen LogP contribution in [0.1, 0.15) is 17.2 Å². The molecule has 0 saturated heterocycles. The maximum Gasteiger partial charge on any atom is 0.173 e. The minimum absolute atomic E-state index is 0.0518. The van der Waals surface area contributed by atoms with Crippen molar-refractivity contribution in [3.63, 3.8) is 0 Å². The second-order valence-electron chi connectivity index (χ2n) is 4.69. The second kappa shape index (κ2) is 5.50. The van der Waals surface area contributed by atoms with Crippen molar-refractivity contribution in [1.82, 2.24) is 4.98 Å². The molecule has 1 unspecified atom stereocenters. The molecule has 0 amide bonds. The zero-order chi connectivity index (χ0) is 15.0.